The number of Topliss-reactive ketones (excluding diaryl/α,β-unsaturated/α-hetero) is 2. The van der Waals surface area contributed by atoms with Crippen LogP contribution >= 0.6 is 0 Å². The van der Waals surface area contributed by atoms with Crippen molar-refractivity contribution in [2.24, 2.45) is 0 Å². The number of aliphatic hydroxyl groups excluding tert-OH is 1. The second-order valence-corrected chi connectivity index (χ2v) is 9.01. The molecule has 184 valence electrons. The van der Waals surface area contributed by atoms with Crippen LogP contribution in [0.25, 0.3) is 11.0 Å². The van der Waals surface area contributed by atoms with E-state index in [-0.39, 0.29) is 29.7 Å². The molecule has 0 radical (unpaired) electrons. The van der Waals surface area contributed by atoms with Crippen molar-refractivity contribution in [2.75, 3.05) is 66.1 Å². The normalized spacial score (nSPS) is 20.3. The van der Waals surface area contributed by atoms with Crippen molar-refractivity contribution in [1.82, 2.24) is 24.7 Å². The smallest absolute Gasteiger partial charge is 0.168 e. The summed E-state index contributed by atoms with van der Waals surface area (Å²) in [6, 6.07) is 3.94. The van der Waals surface area contributed by atoms with Crippen LogP contribution in [0.15, 0.2) is 36.3 Å². The molecule has 9 heteroatoms. The Kier molecular flexibility index (Phi) is 8.44. The molecule has 1 aliphatic carbocycles. The summed E-state index contributed by atoms with van der Waals surface area (Å²) in [5, 5.41) is 13.2. The van der Waals surface area contributed by atoms with Gasteiger partial charge in [0.25, 0.3) is 0 Å². The van der Waals surface area contributed by atoms with Crippen LogP contribution < -0.4 is 5.32 Å². The predicted molar refractivity (Wildman–Crippen MR) is 130 cm³/mol. The molecule has 2 aromatic rings. The van der Waals surface area contributed by atoms with Crippen molar-refractivity contribution in [3.63, 3.8) is 0 Å². The van der Waals surface area contributed by atoms with Gasteiger partial charge in [-0.05, 0) is 23.6 Å². The number of fused-ring (bicyclic) bond motifs is 1. The van der Waals surface area contributed by atoms with Gasteiger partial charge in [0.2, 0.25) is 0 Å². The van der Waals surface area contributed by atoms with Gasteiger partial charge in [0.05, 0.1) is 18.8 Å². The monoisotopic (exact) mass is 469 g/mol. The molecule has 0 unspecified atom stereocenters. The summed E-state index contributed by atoms with van der Waals surface area (Å²) in [5.74, 6) is -0.332. The van der Waals surface area contributed by atoms with E-state index in [1.807, 2.05) is 22.9 Å². The first-order valence-corrected chi connectivity index (χ1v) is 12.1. The number of ether oxygens (including phenoxy) is 1. The van der Waals surface area contributed by atoms with Gasteiger partial charge in [-0.25, -0.2) is 4.98 Å². The van der Waals surface area contributed by atoms with E-state index >= 15 is 0 Å². The van der Waals surface area contributed by atoms with Crippen molar-refractivity contribution >= 4 is 22.6 Å². The van der Waals surface area contributed by atoms with Gasteiger partial charge in [0, 0.05) is 96.3 Å². The van der Waals surface area contributed by atoms with E-state index in [1.165, 1.54) is 0 Å². The topological polar surface area (TPSA) is 99.9 Å². The highest BCUT2D eigenvalue weighted by molar-refractivity contribution is 6.22. The van der Waals surface area contributed by atoms with Gasteiger partial charge in [0.1, 0.15) is 5.65 Å². The quantitative estimate of drug-likeness (QED) is 0.299. The van der Waals surface area contributed by atoms with Gasteiger partial charge in [-0.2, -0.15) is 0 Å². The largest absolute Gasteiger partial charge is 0.395 e. The number of hydrogen-bond acceptors (Lipinski definition) is 8. The fourth-order valence-corrected chi connectivity index (χ4v) is 4.89. The van der Waals surface area contributed by atoms with Crippen molar-refractivity contribution in [3.05, 3.63) is 41.9 Å². The molecule has 0 bridgehead atoms. The van der Waals surface area contributed by atoms with Crippen molar-refractivity contribution in [1.29, 1.82) is 0 Å². The van der Waals surface area contributed by atoms with E-state index in [1.54, 1.807) is 19.5 Å². The zero-order valence-electron chi connectivity index (χ0n) is 19.9. The Morgan fingerprint density at radius 3 is 2.47 bits per heavy atom. The number of hydrogen-bond donors (Lipinski definition) is 2. The maximum Gasteiger partial charge on any atom is 0.168 e. The summed E-state index contributed by atoms with van der Waals surface area (Å²) in [5.41, 5.74) is 2.15. The lowest BCUT2D eigenvalue weighted by Gasteiger charge is -2.34. The molecule has 0 spiro atoms. The van der Waals surface area contributed by atoms with Crippen LogP contribution in [-0.2, 0) is 20.9 Å². The molecule has 4 rings (SSSR count). The van der Waals surface area contributed by atoms with Crippen molar-refractivity contribution in [2.45, 2.75) is 25.3 Å². The summed E-state index contributed by atoms with van der Waals surface area (Å²) in [6.07, 6.45) is 6.01. The number of methoxy groups -OCH3 is 1. The fraction of sp³-hybridized carbons (Fsp3) is 0.560. The van der Waals surface area contributed by atoms with Gasteiger partial charge < -0.3 is 19.7 Å². The first-order chi connectivity index (χ1) is 16.6. The first-order valence-electron chi connectivity index (χ1n) is 12.1. The molecule has 3 heterocycles. The number of nitrogens with zero attached hydrogens (tertiary/aromatic N) is 4. The number of piperazine rings is 1. The number of carbonyl (C=O) groups excluding carboxylic acids is 2. The number of allylic oxidation sites excluding steroid dienone is 1. The SMILES string of the molecule is COCCn1ccc2c(C3CC(=O)C(=CNCCN4CCN(CCO)CC4)C(=O)C3)ccnc21. The fourth-order valence-electron chi connectivity index (χ4n) is 4.89. The van der Waals surface area contributed by atoms with E-state index in [0.717, 1.165) is 55.9 Å². The standard InChI is InChI=1S/C25H35N5O4/c1-34-15-13-30-6-3-21-20(2-4-27-25(21)30)19-16-23(32)22(24(33)17-19)18-26-5-7-28-8-10-29(11-9-28)12-14-31/h2-4,6,18-19,26,31H,5,7-17H2,1H3. The molecular formula is C25H35N5O4. The average molecular weight is 470 g/mol. The van der Waals surface area contributed by atoms with Crippen LogP contribution in [0.4, 0.5) is 0 Å². The molecule has 2 N–H and O–H groups in total. The Balaban J connectivity index is 1.32. The number of nitrogens with one attached hydrogen (secondary N) is 1. The van der Waals surface area contributed by atoms with Crippen LogP contribution in [0.1, 0.15) is 24.3 Å². The lowest BCUT2D eigenvalue weighted by atomic mass is 9.79. The lowest BCUT2D eigenvalue weighted by Crippen LogP contribution is -2.48. The van der Waals surface area contributed by atoms with Crippen LogP contribution in [0.2, 0.25) is 0 Å². The second kappa shape index (κ2) is 11.7. The highest BCUT2D eigenvalue weighted by Crippen LogP contribution is 2.35. The number of pyridine rings is 1. The van der Waals surface area contributed by atoms with E-state index in [2.05, 4.69) is 20.1 Å². The zero-order chi connectivity index (χ0) is 23.9. The van der Waals surface area contributed by atoms with E-state index in [9.17, 15) is 9.59 Å². The molecule has 0 aromatic carbocycles. The molecular weight excluding hydrogens is 434 g/mol. The number of aliphatic hydroxyl groups is 1. The third-order valence-electron chi connectivity index (χ3n) is 6.84. The van der Waals surface area contributed by atoms with Crippen molar-refractivity contribution in [3.8, 4) is 0 Å². The van der Waals surface area contributed by atoms with Gasteiger partial charge in [0.15, 0.2) is 11.6 Å². The molecule has 34 heavy (non-hydrogen) atoms. The average Bonchev–Trinajstić information content (AvgIpc) is 3.26. The van der Waals surface area contributed by atoms with Crippen LogP contribution in [-0.4, -0.2) is 102 Å². The van der Waals surface area contributed by atoms with Crippen LogP contribution in [0.3, 0.4) is 0 Å². The minimum absolute atomic E-state index is 0.102. The molecule has 9 nitrogen and oxygen atoms in total. The zero-order valence-corrected chi connectivity index (χ0v) is 19.9. The minimum Gasteiger partial charge on any atom is -0.395 e. The maximum absolute atomic E-state index is 12.9. The maximum atomic E-state index is 12.9. The summed E-state index contributed by atoms with van der Waals surface area (Å²) >= 11 is 0. The Morgan fingerprint density at radius 2 is 1.79 bits per heavy atom. The molecule has 1 aliphatic heterocycles. The summed E-state index contributed by atoms with van der Waals surface area (Å²) in [7, 11) is 1.67. The van der Waals surface area contributed by atoms with Gasteiger partial charge in [-0.3, -0.25) is 19.4 Å². The number of carbonyl (C=O) groups is 2. The lowest BCUT2D eigenvalue weighted by molar-refractivity contribution is -0.124. The van der Waals surface area contributed by atoms with E-state index < -0.39 is 0 Å². The van der Waals surface area contributed by atoms with Crippen LogP contribution in [0, 0.1) is 0 Å². The Morgan fingerprint density at radius 1 is 1.09 bits per heavy atom. The Labute approximate surface area is 200 Å². The molecule has 1 saturated carbocycles. The van der Waals surface area contributed by atoms with E-state index in [4.69, 9.17) is 9.84 Å². The first kappa shape index (κ1) is 24.5. The number of aromatic nitrogens is 2. The summed E-state index contributed by atoms with van der Waals surface area (Å²) in [6.45, 7) is 7.61. The van der Waals surface area contributed by atoms with E-state index in [0.29, 0.717) is 32.5 Å². The Hall–Kier alpha value is -2.59. The highest BCUT2D eigenvalue weighted by Gasteiger charge is 2.32. The van der Waals surface area contributed by atoms with Gasteiger partial charge >= 0.3 is 0 Å². The Bertz CT molecular complexity index is 1010. The van der Waals surface area contributed by atoms with Crippen molar-refractivity contribution < 1.29 is 19.4 Å². The highest BCUT2D eigenvalue weighted by atomic mass is 16.5. The third kappa shape index (κ3) is 5.72. The van der Waals surface area contributed by atoms with Gasteiger partial charge in [-0.1, -0.05) is 0 Å². The minimum atomic E-state index is -0.129. The molecule has 2 fully saturated rings. The number of rotatable bonds is 10. The molecule has 2 aliphatic rings. The van der Waals surface area contributed by atoms with Crippen LogP contribution in [0.5, 0.6) is 0 Å². The summed E-state index contributed by atoms with van der Waals surface area (Å²) < 4.78 is 7.21. The number of ketones is 2. The molecule has 1 saturated heterocycles. The third-order valence-corrected chi connectivity index (χ3v) is 6.84. The predicted octanol–water partition coefficient (Wildman–Crippen LogP) is 0.782. The van der Waals surface area contributed by atoms with Gasteiger partial charge in [-0.15, -0.1) is 0 Å². The number of β-amino-alcohol motifs (C(OH)–C–C–N with tert-alkyl or cyclic N) is 1. The summed E-state index contributed by atoms with van der Waals surface area (Å²) in [4.78, 5) is 34.8. The molecule has 0 atom stereocenters. The molecule has 2 aromatic heterocycles. The molecule has 0 amide bonds. The second-order valence-electron chi connectivity index (χ2n) is 9.01.